The van der Waals surface area contributed by atoms with Gasteiger partial charge in [0.1, 0.15) is 0 Å². The summed E-state index contributed by atoms with van der Waals surface area (Å²) in [5.41, 5.74) is 1.27. The van der Waals surface area contributed by atoms with Crippen molar-refractivity contribution in [1.29, 1.82) is 0 Å². The molecule has 1 aromatic carbocycles. The Morgan fingerprint density at radius 1 is 1.24 bits per heavy atom. The number of nitrogens with one attached hydrogen (secondary N) is 2. The second-order valence-electron chi connectivity index (χ2n) is 6.70. The van der Waals surface area contributed by atoms with Crippen LogP contribution in [0.5, 0.6) is 0 Å². The SMILES string of the molecule is CCOC(=O)C1CCCN(C(=O)Cc2csc(NC(=O)Nc3ccccc3)n2)C1. The van der Waals surface area contributed by atoms with Crippen molar-refractivity contribution in [1.82, 2.24) is 9.88 Å². The molecule has 0 bridgehead atoms. The third kappa shape index (κ3) is 6.02. The van der Waals surface area contributed by atoms with Gasteiger partial charge in [0, 0.05) is 24.2 Å². The van der Waals surface area contributed by atoms with Crippen LogP contribution in [0.15, 0.2) is 35.7 Å². The maximum absolute atomic E-state index is 12.6. The number of thiazole rings is 1. The van der Waals surface area contributed by atoms with Crippen molar-refractivity contribution < 1.29 is 19.1 Å². The Balaban J connectivity index is 1.50. The van der Waals surface area contributed by atoms with E-state index in [0.29, 0.717) is 36.2 Å². The number of rotatable bonds is 6. The molecule has 29 heavy (non-hydrogen) atoms. The first-order valence-electron chi connectivity index (χ1n) is 9.57. The Kier molecular flexibility index (Phi) is 7.18. The fourth-order valence-electron chi connectivity index (χ4n) is 3.15. The number of anilines is 2. The molecule has 154 valence electrons. The van der Waals surface area contributed by atoms with Crippen LogP contribution in [0.4, 0.5) is 15.6 Å². The lowest BCUT2D eigenvalue weighted by atomic mass is 9.98. The Labute approximate surface area is 173 Å². The number of nitrogens with zero attached hydrogens (tertiary/aromatic N) is 2. The molecule has 9 heteroatoms. The molecule has 1 aromatic heterocycles. The minimum atomic E-state index is -0.392. The summed E-state index contributed by atoms with van der Waals surface area (Å²) in [6.07, 6.45) is 1.65. The number of urea groups is 1. The predicted octanol–water partition coefficient (Wildman–Crippen LogP) is 3.13. The molecule has 1 saturated heterocycles. The van der Waals surface area contributed by atoms with Gasteiger partial charge in [-0.25, -0.2) is 9.78 Å². The highest BCUT2D eigenvalue weighted by Crippen LogP contribution is 2.21. The Morgan fingerprint density at radius 2 is 2.03 bits per heavy atom. The number of para-hydroxylation sites is 1. The maximum Gasteiger partial charge on any atom is 0.325 e. The molecule has 0 radical (unpaired) electrons. The Hall–Kier alpha value is -2.94. The van der Waals surface area contributed by atoms with Gasteiger partial charge in [0.2, 0.25) is 5.91 Å². The minimum absolute atomic E-state index is 0.0791. The van der Waals surface area contributed by atoms with Gasteiger partial charge >= 0.3 is 12.0 Å². The number of benzene rings is 1. The summed E-state index contributed by atoms with van der Waals surface area (Å²) in [5, 5.41) is 7.56. The molecule has 2 heterocycles. The quantitative estimate of drug-likeness (QED) is 0.705. The number of likely N-dealkylation sites (tertiary alicyclic amines) is 1. The van der Waals surface area contributed by atoms with Gasteiger partial charge in [-0.3, -0.25) is 14.9 Å². The maximum atomic E-state index is 12.6. The van der Waals surface area contributed by atoms with Crippen LogP contribution in [0.3, 0.4) is 0 Å². The number of carbonyl (C=O) groups is 3. The van der Waals surface area contributed by atoms with E-state index in [1.807, 2.05) is 18.2 Å². The van der Waals surface area contributed by atoms with E-state index >= 15 is 0 Å². The lowest BCUT2D eigenvalue weighted by Crippen LogP contribution is -2.43. The van der Waals surface area contributed by atoms with Crippen LogP contribution in [-0.4, -0.2) is 47.5 Å². The molecule has 3 amide bonds. The summed E-state index contributed by atoms with van der Waals surface area (Å²) in [6.45, 7) is 3.13. The molecule has 0 saturated carbocycles. The Morgan fingerprint density at radius 3 is 2.79 bits per heavy atom. The van der Waals surface area contributed by atoms with E-state index in [9.17, 15) is 14.4 Å². The molecule has 1 aliphatic rings. The fourth-order valence-corrected chi connectivity index (χ4v) is 3.85. The molecule has 2 aromatic rings. The lowest BCUT2D eigenvalue weighted by Gasteiger charge is -2.31. The van der Waals surface area contributed by atoms with Gasteiger partial charge in [-0.15, -0.1) is 11.3 Å². The number of hydrogen-bond acceptors (Lipinski definition) is 6. The highest BCUT2D eigenvalue weighted by molar-refractivity contribution is 7.14. The summed E-state index contributed by atoms with van der Waals surface area (Å²) in [7, 11) is 0. The third-order valence-electron chi connectivity index (χ3n) is 4.53. The van der Waals surface area contributed by atoms with Gasteiger partial charge in [0.25, 0.3) is 0 Å². The monoisotopic (exact) mass is 416 g/mol. The lowest BCUT2D eigenvalue weighted by molar-refractivity contribution is -0.151. The van der Waals surface area contributed by atoms with E-state index < -0.39 is 6.03 Å². The first kappa shape index (κ1) is 20.8. The summed E-state index contributed by atoms with van der Waals surface area (Å²) < 4.78 is 5.08. The van der Waals surface area contributed by atoms with Crippen molar-refractivity contribution in [2.45, 2.75) is 26.2 Å². The topological polar surface area (TPSA) is 101 Å². The molecule has 1 fully saturated rings. The summed E-state index contributed by atoms with van der Waals surface area (Å²) in [4.78, 5) is 42.6. The molecular formula is C20H24N4O4S. The van der Waals surface area contributed by atoms with E-state index in [0.717, 1.165) is 12.8 Å². The van der Waals surface area contributed by atoms with E-state index in [1.54, 1.807) is 29.3 Å². The first-order chi connectivity index (χ1) is 14.0. The van der Waals surface area contributed by atoms with Crippen molar-refractivity contribution in [3.8, 4) is 0 Å². The van der Waals surface area contributed by atoms with E-state index in [-0.39, 0.29) is 24.2 Å². The van der Waals surface area contributed by atoms with E-state index in [1.165, 1.54) is 11.3 Å². The molecule has 0 spiro atoms. The number of piperidine rings is 1. The molecule has 1 unspecified atom stereocenters. The second kappa shape index (κ2) is 10.0. The fraction of sp³-hybridized carbons (Fsp3) is 0.400. The van der Waals surface area contributed by atoms with Crippen LogP contribution in [-0.2, 0) is 20.7 Å². The van der Waals surface area contributed by atoms with Gasteiger partial charge in [0.05, 0.1) is 24.6 Å². The van der Waals surface area contributed by atoms with Gasteiger partial charge in [-0.2, -0.15) is 0 Å². The average molecular weight is 417 g/mol. The summed E-state index contributed by atoms with van der Waals surface area (Å²) in [6, 6.07) is 8.70. The number of amides is 3. The zero-order valence-corrected chi connectivity index (χ0v) is 17.0. The largest absolute Gasteiger partial charge is 0.466 e. The van der Waals surface area contributed by atoms with Gasteiger partial charge in [-0.1, -0.05) is 18.2 Å². The summed E-state index contributed by atoms with van der Waals surface area (Å²) >= 11 is 1.26. The number of carbonyl (C=O) groups excluding carboxylic acids is 3. The summed E-state index contributed by atoms with van der Waals surface area (Å²) in [5.74, 6) is -0.582. The zero-order chi connectivity index (χ0) is 20.6. The van der Waals surface area contributed by atoms with Crippen molar-refractivity contribution in [2.24, 2.45) is 5.92 Å². The van der Waals surface area contributed by atoms with Crippen molar-refractivity contribution in [3.05, 3.63) is 41.4 Å². The van der Waals surface area contributed by atoms with Crippen LogP contribution in [0.2, 0.25) is 0 Å². The Bertz CT molecular complexity index is 855. The molecule has 2 N–H and O–H groups in total. The molecule has 0 aliphatic carbocycles. The number of hydrogen-bond donors (Lipinski definition) is 2. The van der Waals surface area contributed by atoms with Crippen molar-refractivity contribution >= 4 is 40.1 Å². The van der Waals surface area contributed by atoms with E-state index in [4.69, 9.17) is 4.74 Å². The number of ether oxygens (including phenoxy) is 1. The number of esters is 1. The second-order valence-corrected chi connectivity index (χ2v) is 7.55. The van der Waals surface area contributed by atoms with Crippen LogP contribution >= 0.6 is 11.3 Å². The molecule has 1 aliphatic heterocycles. The third-order valence-corrected chi connectivity index (χ3v) is 5.34. The van der Waals surface area contributed by atoms with Crippen LogP contribution in [0.1, 0.15) is 25.5 Å². The average Bonchev–Trinajstić information content (AvgIpc) is 3.15. The molecule has 1 atom stereocenters. The predicted molar refractivity (Wildman–Crippen MR) is 111 cm³/mol. The smallest absolute Gasteiger partial charge is 0.325 e. The highest BCUT2D eigenvalue weighted by atomic mass is 32.1. The highest BCUT2D eigenvalue weighted by Gasteiger charge is 2.29. The molecule has 8 nitrogen and oxygen atoms in total. The van der Waals surface area contributed by atoms with Crippen LogP contribution < -0.4 is 10.6 Å². The standard InChI is InChI=1S/C20H24N4O4S/c1-2-28-18(26)14-7-6-10-24(12-14)17(25)11-16-13-29-20(22-16)23-19(27)21-15-8-4-3-5-9-15/h3-5,8-9,13-14H,2,6-7,10-12H2,1H3,(H2,21,22,23,27). The van der Waals surface area contributed by atoms with Gasteiger partial charge in [-0.05, 0) is 31.9 Å². The number of aromatic nitrogens is 1. The van der Waals surface area contributed by atoms with Crippen molar-refractivity contribution in [3.63, 3.8) is 0 Å². The van der Waals surface area contributed by atoms with Crippen LogP contribution in [0, 0.1) is 5.92 Å². The van der Waals surface area contributed by atoms with Gasteiger partial charge in [0.15, 0.2) is 5.13 Å². The normalized spacial score (nSPS) is 16.2. The van der Waals surface area contributed by atoms with Crippen LogP contribution in [0.25, 0.3) is 0 Å². The first-order valence-corrected chi connectivity index (χ1v) is 10.4. The molecular weight excluding hydrogens is 392 g/mol. The van der Waals surface area contributed by atoms with Gasteiger partial charge < -0.3 is 15.0 Å². The minimum Gasteiger partial charge on any atom is -0.466 e. The van der Waals surface area contributed by atoms with E-state index in [2.05, 4.69) is 15.6 Å². The molecule has 3 rings (SSSR count). The zero-order valence-electron chi connectivity index (χ0n) is 16.2. The van der Waals surface area contributed by atoms with Crippen molar-refractivity contribution in [2.75, 3.05) is 30.3 Å².